The quantitative estimate of drug-likeness (QED) is 0.412. The van der Waals surface area contributed by atoms with Crippen molar-refractivity contribution in [2.45, 2.75) is 64.5 Å². The Morgan fingerprint density at radius 3 is 2.50 bits per heavy atom. The number of thiophene rings is 1. The van der Waals surface area contributed by atoms with Crippen molar-refractivity contribution >= 4 is 45.2 Å². The number of nitrogens with zero attached hydrogens (tertiary/aromatic N) is 3. The van der Waals surface area contributed by atoms with Crippen molar-refractivity contribution < 1.29 is 14.3 Å². The number of rotatable bonds is 5. The minimum Gasteiger partial charge on any atom is -0.452 e. The van der Waals surface area contributed by atoms with Gasteiger partial charge in [-0.15, -0.1) is 11.3 Å². The smallest absolute Gasteiger partial charge is 0.317 e. The van der Waals surface area contributed by atoms with Gasteiger partial charge in [0.1, 0.15) is 15.7 Å². The Morgan fingerprint density at radius 1 is 1.14 bits per heavy atom. The van der Waals surface area contributed by atoms with Gasteiger partial charge >= 0.3 is 5.97 Å². The Morgan fingerprint density at radius 2 is 1.82 bits per heavy atom. The number of carbonyl (C=O) groups excluding carboxylic acids is 2. The van der Waals surface area contributed by atoms with Crippen LogP contribution in [0.4, 0.5) is 0 Å². The molecule has 0 unspecified atom stereocenters. The summed E-state index contributed by atoms with van der Waals surface area (Å²) in [6, 6.07) is 0. The molecule has 0 aromatic carbocycles. The van der Waals surface area contributed by atoms with E-state index in [0.717, 1.165) is 59.6 Å². The average molecular weight is 422 g/mol. The fraction of sp³-hybridized carbons (Fsp3) is 0.600. The lowest BCUT2D eigenvalue weighted by Gasteiger charge is -2.23. The fourth-order valence-electron chi connectivity index (χ4n) is 3.38. The van der Waals surface area contributed by atoms with Gasteiger partial charge in [0.05, 0.1) is 5.75 Å². The predicted molar refractivity (Wildman–Crippen MR) is 113 cm³/mol. The highest BCUT2D eigenvalue weighted by atomic mass is 32.2. The van der Waals surface area contributed by atoms with Crippen LogP contribution < -0.4 is 0 Å². The molecule has 1 saturated heterocycles. The van der Waals surface area contributed by atoms with Gasteiger partial charge in [-0.3, -0.25) is 9.59 Å². The van der Waals surface area contributed by atoms with Gasteiger partial charge in [-0.05, 0) is 46.1 Å². The van der Waals surface area contributed by atoms with Crippen molar-refractivity contribution in [3.63, 3.8) is 0 Å². The minimum atomic E-state index is -0.747. The van der Waals surface area contributed by atoms with Gasteiger partial charge in [0, 0.05) is 23.4 Å². The largest absolute Gasteiger partial charge is 0.452 e. The minimum absolute atomic E-state index is 0.0928. The van der Waals surface area contributed by atoms with Crippen molar-refractivity contribution in [2.24, 2.45) is 0 Å². The molecule has 152 valence electrons. The molecular weight excluding hydrogens is 394 g/mol. The number of aromatic nitrogens is 2. The standard InChI is InChI=1S/C20H27N3O3S2/c1-12-14(3)28-19-17(12)18(21-15(4)22-19)27-11-16(24)26-13(2)20(25)23-9-7-5-6-8-10-23/h13H,5-11H2,1-4H3/t13-/m0/s1. The normalized spacial score (nSPS) is 16.1. The molecule has 2 aromatic heterocycles. The number of hydrogen-bond donors (Lipinski definition) is 0. The number of likely N-dealkylation sites (tertiary alicyclic amines) is 1. The summed E-state index contributed by atoms with van der Waals surface area (Å²) in [4.78, 5) is 37.9. The predicted octanol–water partition coefficient (Wildman–Crippen LogP) is 4.04. The Kier molecular flexibility index (Phi) is 6.93. The van der Waals surface area contributed by atoms with E-state index in [-0.39, 0.29) is 11.7 Å². The van der Waals surface area contributed by atoms with E-state index < -0.39 is 12.1 Å². The monoisotopic (exact) mass is 421 g/mol. The first kappa shape index (κ1) is 21.0. The number of hydrogen-bond acceptors (Lipinski definition) is 7. The molecule has 0 radical (unpaired) electrons. The summed E-state index contributed by atoms with van der Waals surface area (Å²) in [5, 5.41) is 1.81. The molecule has 1 atom stereocenters. The molecule has 0 spiro atoms. The summed E-state index contributed by atoms with van der Waals surface area (Å²) in [6.07, 6.45) is 3.60. The number of thioether (sulfide) groups is 1. The molecule has 6 nitrogen and oxygen atoms in total. The van der Waals surface area contributed by atoms with Gasteiger partial charge < -0.3 is 9.64 Å². The van der Waals surface area contributed by atoms with E-state index in [0.29, 0.717) is 5.82 Å². The zero-order valence-electron chi connectivity index (χ0n) is 16.9. The first-order valence-corrected chi connectivity index (χ1v) is 11.5. The molecule has 8 heteroatoms. The van der Waals surface area contributed by atoms with Gasteiger partial charge in [-0.1, -0.05) is 24.6 Å². The number of ether oxygens (including phenoxy) is 1. The molecule has 0 N–H and O–H groups in total. The van der Waals surface area contributed by atoms with Crippen molar-refractivity contribution in [3.05, 3.63) is 16.3 Å². The van der Waals surface area contributed by atoms with Crippen LogP contribution in [0.1, 0.15) is 48.9 Å². The maximum absolute atomic E-state index is 12.6. The SMILES string of the molecule is Cc1nc(SCC(=O)O[C@@H](C)C(=O)N2CCCCCC2)c2c(C)c(C)sc2n1. The molecule has 1 aliphatic heterocycles. The third-order valence-corrected chi connectivity index (χ3v) is 7.06. The van der Waals surface area contributed by atoms with Crippen molar-refractivity contribution in [2.75, 3.05) is 18.8 Å². The van der Waals surface area contributed by atoms with Crippen LogP contribution in [0.2, 0.25) is 0 Å². The topological polar surface area (TPSA) is 72.4 Å². The highest BCUT2D eigenvalue weighted by Gasteiger charge is 2.25. The maximum atomic E-state index is 12.6. The summed E-state index contributed by atoms with van der Waals surface area (Å²) in [7, 11) is 0. The number of amides is 1. The zero-order valence-corrected chi connectivity index (χ0v) is 18.5. The van der Waals surface area contributed by atoms with Gasteiger partial charge in [0.25, 0.3) is 5.91 Å². The molecule has 28 heavy (non-hydrogen) atoms. The average Bonchev–Trinajstić information content (AvgIpc) is 2.84. The third-order valence-electron chi connectivity index (χ3n) is 5.01. The molecule has 3 rings (SSSR count). The van der Waals surface area contributed by atoms with E-state index in [1.165, 1.54) is 16.6 Å². The zero-order chi connectivity index (χ0) is 20.3. The van der Waals surface area contributed by atoms with Crippen LogP contribution in [0.5, 0.6) is 0 Å². The summed E-state index contributed by atoms with van der Waals surface area (Å²) in [5.41, 5.74) is 1.15. The van der Waals surface area contributed by atoms with Crippen LogP contribution in [0.3, 0.4) is 0 Å². The second-order valence-electron chi connectivity index (χ2n) is 7.20. The lowest BCUT2D eigenvalue weighted by molar-refractivity contribution is -0.157. The second kappa shape index (κ2) is 9.22. The number of esters is 1. The number of aryl methyl sites for hydroxylation is 3. The first-order chi connectivity index (χ1) is 13.4. The Labute approximate surface area is 174 Å². The lowest BCUT2D eigenvalue weighted by Crippen LogP contribution is -2.40. The molecule has 0 bridgehead atoms. The van der Waals surface area contributed by atoms with Crippen LogP contribution >= 0.6 is 23.1 Å². The molecule has 1 amide bonds. The Balaban J connectivity index is 1.61. The molecule has 3 heterocycles. The van der Waals surface area contributed by atoms with Gasteiger partial charge in [-0.25, -0.2) is 9.97 Å². The van der Waals surface area contributed by atoms with Gasteiger partial charge in [-0.2, -0.15) is 0 Å². The fourth-order valence-corrected chi connectivity index (χ4v) is 5.43. The van der Waals surface area contributed by atoms with E-state index in [1.807, 2.05) is 11.8 Å². The number of carbonyl (C=O) groups is 2. The molecular formula is C20H27N3O3S2. The van der Waals surface area contributed by atoms with Gasteiger partial charge in [0.2, 0.25) is 0 Å². The molecule has 1 fully saturated rings. The van der Waals surface area contributed by atoms with Crippen molar-refractivity contribution in [1.29, 1.82) is 0 Å². The molecule has 0 saturated carbocycles. The van der Waals surface area contributed by atoms with E-state index in [2.05, 4.69) is 23.8 Å². The van der Waals surface area contributed by atoms with E-state index in [1.54, 1.807) is 18.3 Å². The Hall–Kier alpha value is -1.67. The second-order valence-corrected chi connectivity index (χ2v) is 9.37. The van der Waals surface area contributed by atoms with E-state index in [4.69, 9.17) is 4.74 Å². The Bertz CT molecular complexity index is 873. The number of fused-ring (bicyclic) bond motifs is 1. The summed E-state index contributed by atoms with van der Waals surface area (Å²) >= 11 is 2.99. The van der Waals surface area contributed by atoms with Crippen molar-refractivity contribution in [1.82, 2.24) is 14.9 Å². The highest BCUT2D eigenvalue weighted by molar-refractivity contribution is 8.00. The first-order valence-electron chi connectivity index (χ1n) is 9.72. The van der Waals surface area contributed by atoms with Crippen molar-refractivity contribution in [3.8, 4) is 0 Å². The van der Waals surface area contributed by atoms with Crippen LogP contribution in [0.25, 0.3) is 10.2 Å². The highest BCUT2D eigenvalue weighted by Crippen LogP contribution is 2.35. The van der Waals surface area contributed by atoms with Crippen LogP contribution in [-0.2, 0) is 14.3 Å². The molecule has 2 aromatic rings. The van der Waals surface area contributed by atoms with E-state index >= 15 is 0 Å². The summed E-state index contributed by atoms with van der Waals surface area (Å²) in [5.74, 6) is 0.325. The van der Waals surface area contributed by atoms with Gasteiger partial charge in [0.15, 0.2) is 6.10 Å². The maximum Gasteiger partial charge on any atom is 0.317 e. The molecule has 0 aliphatic carbocycles. The summed E-state index contributed by atoms with van der Waals surface area (Å²) in [6.45, 7) is 9.14. The van der Waals surface area contributed by atoms with Crippen LogP contribution in [-0.4, -0.2) is 51.7 Å². The summed E-state index contributed by atoms with van der Waals surface area (Å²) < 4.78 is 5.41. The molecule has 1 aliphatic rings. The van der Waals surface area contributed by atoms with E-state index in [9.17, 15) is 9.59 Å². The lowest BCUT2D eigenvalue weighted by atomic mass is 10.2. The van der Waals surface area contributed by atoms with Crippen LogP contribution in [0.15, 0.2) is 5.03 Å². The van der Waals surface area contributed by atoms with Crippen LogP contribution in [0, 0.1) is 20.8 Å². The third kappa shape index (κ3) is 4.84.